The summed E-state index contributed by atoms with van der Waals surface area (Å²) in [6.45, 7) is 1.66. The molecule has 2 saturated heterocycles. The Morgan fingerprint density at radius 1 is 0.792 bits per heavy atom. The van der Waals surface area contributed by atoms with Gasteiger partial charge in [0.2, 0.25) is 0 Å². The summed E-state index contributed by atoms with van der Waals surface area (Å²) in [5.74, 6) is -2.64. The number of aliphatic hydroxyl groups excluding tert-OH is 5. The van der Waals surface area contributed by atoms with Gasteiger partial charge < -0.3 is 45.2 Å². The molecule has 0 radical (unpaired) electrons. The maximum atomic E-state index is 10.5. The number of hydrogen-bond donors (Lipinski definition) is 7. The zero-order valence-electron chi connectivity index (χ0n) is 12.8. The Labute approximate surface area is 136 Å². The van der Waals surface area contributed by atoms with Crippen LogP contribution in [0.25, 0.3) is 0 Å². The van der Waals surface area contributed by atoms with Crippen molar-refractivity contribution >= 4 is 11.9 Å². The number of rotatable bonds is 2. The fourth-order valence-electron chi connectivity index (χ4n) is 2.33. The molecule has 24 heavy (non-hydrogen) atoms. The minimum atomic E-state index is -1.55. The molecular formula is C13H22O11. The Balaban J connectivity index is 0.000000240. The maximum absolute atomic E-state index is 10.5. The Hall–Kier alpha value is -1.34. The highest BCUT2D eigenvalue weighted by molar-refractivity contribution is 5.73. The van der Waals surface area contributed by atoms with Gasteiger partial charge in [-0.25, -0.2) is 9.59 Å². The van der Waals surface area contributed by atoms with Gasteiger partial charge >= 0.3 is 11.9 Å². The second kappa shape index (κ2) is 8.67. The lowest BCUT2D eigenvalue weighted by Gasteiger charge is -2.33. The number of carbonyl (C=O) groups is 2. The highest BCUT2D eigenvalue weighted by Gasteiger charge is 2.40. The molecule has 0 saturated carbocycles. The Kier molecular flexibility index (Phi) is 7.48. The average molecular weight is 354 g/mol. The van der Waals surface area contributed by atoms with Gasteiger partial charge in [0, 0.05) is 12.8 Å². The first kappa shape index (κ1) is 20.7. The van der Waals surface area contributed by atoms with Gasteiger partial charge in [0.25, 0.3) is 0 Å². The minimum Gasteiger partial charge on any atom is -0.479 e. The van der Waals surface area contributed by atoms with Crippen molar-refractivity contribution in [1.29, 1.82) is 0 Å². The first-order chi connectivity index (χ1) is 11.0. The lowest BCUT2D eigenvalue weighted by Crippen LogP contribution is -2.51. The molecule has 8 unspecified atom stereocenters. The normalized spacial score (nSPS) is 42.6. The molecule has 0 aromatic heterocycles. The SMILES string of the molecule is CC1CC(O)C(O)C(C(=O)O)O1.O=C(O)C1OC(O)CC(O)C1O. The van der Waals surface area contributed by atoms with Crippen molar-refractivity contribution in [2.75, 3.05) is 0 Å². The zero-order chi connectivity index (χ0) is 18.6. The third-order valence-corrected chi connectivity index (χ3v) is 3.59. The number of carboxylic acids is 2. The van der Waals surface area contributed by atoms with Crippen LogP contribution in [0.5, 0.6) is 0 Å². The van der Waals surface area contributed by atoms with Crippen LogP contribution < -0.4 is 0 Å². The summed E-state index contributed by atoms with van der Waals surface area (Å²) in [6.07, 6.45) is -9.48. The maximum Gasteiger partial charge on any atom is 0.335 e. The summed E-state index contributed by atoms with van der Waals surface area (Å²) in [6, 6.07) is 0. The third-order valence-electron chi connectivity index (χ3n) is 3.59. The van der Waals surface area contributed by atoms with Crippen molar-refractivity contribution < 1.29 is 54.8 Å². The van der Waals surface area contributed by atoms with E-state index in [1.165, 1.54) is 0 Å². The number of aliphatic hydroxyl groups is 5. The fraction of sp³-hybridized carbons (Fsp3) is 0.846. The number of ether oxygens (including phenoxy) is 2. The first-order valence-corrected chi connectivity index (χ1v) is 7.21. The molecule has 11 heteroatoms. The van der Waals surface area contributed by atoms with E-state index >= 15 is 0 Å². The molecule has 8 atom stereocenters. The standard InChI is InChI=1S/C7H12O5.C6H10O6/c1-3-2-4(8)5(9)6(12-3)7(10)11;7-2-1-3(8)12-5(4(2)9)6(10)11/h3-6,8-9H,2H2,1H3,(H,10,11);2-5,7-9H,1H2,(H,10,11). The number of carboxylic acid groups (broad SMARTS) is 2. The summed E-state index contributed by atoms with van der Waals surface area (Å²) < 4.78 is 9.40. The molecule has 2 heterocycles. The Bertz CT molecular complexity index is 402. The van der Waals surface area contributed by atoms with E-state index in [2.05, 4.69) is 4.74 Å². The molecule has 2 aliphatic heterocycles. The summed E-state index contributed by atoms with van der Waals surface area (Å²) in [7, 11) is 0. The van der Waals surface area contributed by atoms with Crippen molar-refractivity contribution in [3.05, 3.63) is 0 Å². The van der Waals surface area contributed by atoms with Crippen molar-refractivity contribution in [3.63, 3.8) is 0 Å². The minimum absolute atomic E-state index is 0.176. The quantitative estimate of drug-likeness (QED) is 0.265. The van der Waals surface area contributed by atoms with Crippen LogP contribution >= 0.6 is 0 Å². The van der Waals surface area contributed by atoms with Crippen LogP contribution in [0.2, 0.25) is 0 Å². The lowest BCUT2D eigenvalue weighted by atomic mass is 9.99. The predicted molar refractivity (Wildman–Crippen MR) is 73.7 cm³/mol. The number of hydrogen-bond acceptors (Lipinski definition) is 9. The highest BCUT2D eigenvalue weighted by atomic mass is 16.6. The van der Waals surface area contributed by atoms with E-state index in [1.54, 1.807) is 6.92 Å². The van der Waals surface area contributed by atoms with Gasteiger partial charge in [-0.3, -0.25) is 0 Å². The summed E-state index contributed by atoms with van der Waals surface area (Å²) in [5, 5.41) is 62.3. The first-order valence-electron chi connectivity index (χ1n) is 7.21. The largest absolute Gasteiger partial charge is 0.479 e. The molecule has 7 N–H and O–H groups in total. The Morgan fingerprint density at radius 2 is 1.21 bits per heavy atom. The topological polar surface area (TPSA) is 194 Å². The second-order valence-corrected chi connectivity index (χ2v) is 5.64. The smallest absolute Gasteiger partial charge is 0.335 e. The van der Waals surface area contributed by atoms with E-state index in [0.29, 0.717) is 0 Å². The fourth-order valence-corrected chi connectivity index (χ4v) is 2.33. The summed E-state index contributed by atoms with van der Waals surface area (Å²) in [5.41, 5.74) is 0. The van der Waals surface area contributed by atoms with Gasteiger partial charge in [-0.1, -0.05) is 0 Å². The highest BCUT2D eigenvalue weighted by Crippen LogP contribution is 2.20. The van der Waals surface area contributed by atoms with Crippen LogP contribution in [0.3, 0.4) is 0 Å². The van der Waals surface area contributed by atoms with Crippen molar-refractivity contribution in [3.8, 4) is 0 Å². The molecule has 0 bridgehead atoms. The molecule has 0 aliphatic carbocycles. The summed E-state index contributed by atoms with van der Waals surface area (Å²) >= 11 is 0. The molecule has 0 spiro atoms. The van der Waals surface area contributed by atoms with Gasteiger partial charge in [-0.2, -0.15) is 0 Å². The molecule has 2 aliphatic rings. The molecule has 2 fully saturated rings. The van der Waals surface area contributed by atoms with E-state index in [1.807, 2.05) is 0 Å². The van der Waals surface area contributed by atoms with Crippen LogP contribution in [-0.2, 0) is 19.1 Å². The third kappa shape index (κ3) is 5.34. The van der Waals surface area contributed by atoms with Crippen LogP contribution in [0.15, 0.2) is 0 Å². The van der Waals surface area contributed by atoms with E-state index in [-0.39, 0.29) is 18.9 Å². The van der Waals surface area contributed by atoms with Gasteiger partial charge in [-0.05, 0) is 6.92 Å². The molecule has 11 nitrogen and oxygen atoms in total. The van der Waals surface area contributed by atoms with Crippen LogP contribution in [0.1, 0.15) is 19.8 Å². The van der Waals surface area contributed by atoms with E-state index < -0.39 is 54.9 Å². The molecule has 2 rings (SSSR count). The van der Waals surface area contributed by atoms with Crippen molar-refractivity contribution in [1.82, 2.24) is 0 Å². The molecule has 0 aromatic carbocycles. The summed E-state index contributed by atoms with van der Waals surface area (Å²) in [4.78, 5) is 20.8. The van der Waals surface area contributed by atoms with Gasteiger partial charge in [-0.15, -0.1) is 0 Å². The molecule has 0 aromatic rings. The van der Waals surface area contributed by atoms with Crippen molar-refractivity contribution in [2.45, 2.75) is 68.8 Å². The monoisotopic (exact) mass is 354 g/mol. The Morgan fingerprint density at radius 3 is 1.67 bits per heavy atom. The van der Waals surface area contributed by atoms with E-state index in [9.17, 15) is 14.7 Å². The average Bonchev–Trinajstić information content (AvgIpc) is 2.46. The molecular weight excluding hydrogens is 332 g/mol. The van der Waals surface area contributed by atoms with Gasteiger partial charge in [0.1, 0.15) is 12.2 Å². The van der Waals surface area contributed by atoms with Gasteiger partial charge in [0.05, 0.1) is 18.3 Å². The zero-order valence-corrected chi connectivity index (χ0v) is 12.8. The number of aliphatic carboxylic acids is 2. The van der Waals surface area contributed by atoms with E-state index in [0.717, 1.165) is 0 Å². The van der Waals surface area contributed by atoms with Crippen LogP contribution in [0.4, 0.5) is 0 Å². The van der Waals surface area contributed by atoms with Gasteiger partial charge in [0.15, 0.2) is 18.5 Å². The lowest BCUT2D eigenvalue weighted by molar-refractivity contribution is -0.236. The molecule has 0 amide bonds. The van der Waals surface area contributed by atoms with Crippen molar-refractivity contribution in [2.24, 2.45) is 0 Å². The van der Waals surface area contributed by atoms with E-state index in [4.69, 9.17) is 35.4 Å². The second-order valence-electron chi connectivity index (χ2n) is 5.64. The van der Waals surface area contributed by atoms with Crippen LogP contribution in [0, 0.1) is 0 Å². The molecule has 140 valence electrons. The predicted octanol–water partition coefficient (Wildman–Crippen LogP) is -3.13. The van der Waals surface area contributed by atoms with Crippen LogP contribution in [-0.4, -0.2) is 96.7 Å².